The molecule has 2 aliphatic carbocycles. The first-order chi connectivity index (χ1) is 29.3. The van der Waals surface area contributed by atoms with Gasteiger partial charge in [0.1, 0.15) is 24.4 Å². The van der Waals surface area contributed by atoms with Gasteiger partial charge in [0.05, 0.1) is 49.2 Å². The standard InChI is InChI=1S/C42H54N12O6/c1-4-59-37(55)26-52-24-33(21-45-52)48-42-44-19-31-17-34(54(40(31)50-42)23-29-6-5-7-36(16-29)58-3)13-15-60-38(56)27-53-25-32(20-46-53)47-41-43-18-30-12-14-51(39(30)49-41)22-28-8-10-35(57-2)11-9-28/h12,14,17-21,24-25,28-29,35-36H,4-11,13,15-16,22-23,26-27H2,1-3H3,(H,43,47,49)(H,44,48,50)/t28?,29-,35?,36+/m0/s1. The van der Waals surface area contributed by atoms with Gasteiger partial charge < -0.3 is 38.7 Å². The van der Waals surface area contributed by atoms with Crippen LogP contribution < -0.4 is 10.6 Å². The lowest BCUT2D eigenvalue weighted by molar-refractivity contribution is -0.145. The van der Waals surface area contributed by atoms with E-state index in [2.05, 4.69) is 58.3 Å². The Morgan fingerprint density at radius 1 is 0.750 bits per heavy atom. The number of nitrogens with one attached hydrogen (secondary N) is 2. The summed E-state index contributed by atoms with van der Waals surface area (Å²) in [4.78, 5) is 43.8. The van der Waals surface area contributed by atoms with E-state index in [0.29, 0.717) is 54.2 Å². The average molecular weight is 823 g/mol. The molecule has 0 saturated heterocycles. The van der Waals surface area contributed by atoms with Gasteiger partial charge in [-0.05, 0) is 75.8 Å². The largest absolute Gasteiger partial charge is 0.465 e. The second-order valence-electron chi connectivity index (χ2n) is 15.8. The molecule has 6 aromatic heterocycles. The predicted octanol–water partition coefficient (Wildman–Crippen LogP) is 5.82. The Labute approximate surface area is 348 Å². The monoisotopic (exact) mass is 822 g/mol. The third-order valence-electron chi connectivity index (χ3n) is 11.6. The molecule has 318 valence electrons. The third kappa shape index (κ3) is 10.1. The van der Waals surface area contributed by atoms with Gasteiger partial charge in [0.25, 0.3) is 0 Å². The molecule has 2 aliphatic rings. The van der Waals surface area contributed by atoms with Crippen molar-refractivity contribution in [2.75, 3.05) is 38.1 Å². The molecule has 0 spiro atoms. The number of anilines is 4. The molecule has 2 atom stereocenters. The first-order valence-electron chi connectivity index (χ1n) is 20.9. The van der Waals surface area contributed by atoms with E-state index in [4.69, 9.17) is 28.9 Å². The lowest BCUT2D eigenvalue weighted by atomic mass is 9.87. The van der Waals surface area contributed by atoms with Crippen molar-refractivity contribution in [2.24, 2.45) is 11.8 Å². The lowest BCUT2D eigenvalue weighted by Crippen LogP contribution is -2.25. The summed E-state index contributed by atoms with van der Waals surface area (Å²) in [5.41, 5.74) is 3.98. The van der Waals surface area contributed by atoms with Crippen LogP contribution in [0.25, 0.3) is 22.1 Å². The van der Waals surface area contributed by atoms with Crippen LogP contribution in [0.3, 0.4) is 0 Å². The Bertz CT molecular complexity index is 2380. The van der Waals surface area contributed by atoms with E-state index in [9.17, 15) is 9.59 Å². The van der Waals surface area contributed by atoms with Gasteiger partial charge in [0.15, 0.2) is 0 Å². The SMILES string of the molecule is CCOC(=O)Cn1cc(Nc2ncc3cc(CCOC(=O)Cn4cc(Nc5ncc6ccn(CC7CCC(OC)CC7)c6n5)cn4)n(C[C@H]4CCC[C@@H](OC)C4)c3n2)cn1. The van der Waals surface area contributed by atoms with Crippen molar-refractivity contribution in [3.8, 4) is 0 Å². The normalized spacial score (nSPS) is 19.4. The summed E-state index contributed by atoms with van der Waals surface area (Å²) in [5, 5.41) is 17.0. The van der Waals surface area contributed by atoms with E-state index in [1.807, 2.05) is 6.20 Å². The Balaban J connectivity index is 0.886. The van der Waals surface area contributed by atoms with Crippen LogP contribution in [0.4, 0.5) is 23.3 Å². The quantitative estimate of drug-likeness (QED) is 0.0987. The minimum Gasteiger partial charge on any atom is -0.465 e. The van der Waals surface area contributed by atoms with E-state index in [0.717, 1.165) is 92.2 Å². The van der Waals surface area contributed by atoms with Crippen molar-refractivity contribution < 1.29 is 28.5 Å². The Hall–Kier alpha value is -5.88. The molecule has 0 aromatic carbocycles. The highest BCUT2D eigenvalue weighted by Gasteiger charge is 2.25. The molecule has 6 aromatic rings. The number of hydrogen-bond acceptors (Lipinski definition) is 14. The molecule has 18 heteroatoms. The summed E-state index contributed by atoms with van der Waals surface area (Å²) >= 11 is 0. The maximum atomic E-state index is 13.1. The minimum atomic E-state index is -0.396. The van der Waals surface area contributed by atoms with Crippen molar-refractivity contribution in [3.63, 3.8) is 0 Å². The maximum Gasteiger partial charge on any atom is 0.327 e. The van der Waals surface area contributed by atoms with E-state index >= 15 is 0 Å². The van der Waals surface area contributed by atoms with Crippen molar-refractivity contribution in [3.05, 3.63) is 61.2 Å². The number of carbonyl (C=O) groups excluding carboxylic acids is 2. The molecule has 2 fully saturated rings. The second kappa shape index (κ2) is 19.0. The first kappa shape index (κ1) is 40.9. The van der Waals surface area contributed by atoms with Crippen LogP contribution in [0.2, 0.25) is 0 Å². The molecule has 6 heterocycles. The van der Waals surface area contributed by atoms with E-state index in [1.165, 1.54) is 4.68 Å². The van der Waals surface area contributed by atoms with Crippen LogP contribution in [-0.4, -0.2) is 100 Å². The van der Waals surface area contributed by atoms with Gasteiger partial charge in [-0.1, -0.05) is 6.42 Å². The van der Waals surface area contributed by atoms with Crippen LogP contribution in [-0.2, 0) is 61.1 Å². The van der Waals surface area contributed by atoms with Crippen LogP contribution in [0.5, 0.6) is 0 Å². The number of ether oxygens (including phenoxy) is 4. The number of methoxy groups -OCH3 is 2. The Morgan fingerprint density at radius 3 is 2.10 bits per heavy atom. The molecule has 0 unspecified atom stereocenters. The molecule has 2 saturated carbocycles. The molecule has 8 rings (SSSR count). The number of carbonyl (C=O) groups is 2. The Kier molecular flexibility index (Phi) is 13.0. The zero-order valence-electron chi connectivity index (χ0n) is 34.5. The Morgan fingerprint density at radius 2 is 1.42 bits per heavy atom. The van der Waals surface area contributed by atoms with Crippen LogP contribution in [0.15, 0.2) is 55.5 Å². The maximum absolute atomic E-state index is 13.1. The number of nitrogens with zero attached hydrogens (tertiary/aromatic N) is 10. The summed E-state index contributed by atoms with van der Waals surface area (Å²) < 4.78 is 29.6. The van der Waals surface area contributed by atoms with E-state index < -0.39 is 5.97 Å². The summed E-state index contributed by atoms with van der Waals surface area (Å²) in [6.07, 6.45) is 22.2. The van der Waals surface area contributed by atoms with Gasteiger partial charge in [-0.3, -0.25) is 19.0 Å². The zero-order valence-corrected chi connectivity index (χ0v) is 34.5. The fourth-order valence-electron chi connectivity index (χ4n) is 8.52. The fraction of sp³-hybridized carbons (Fsp3) is 0.524. The minimum absolute atomic E-state index is 0.0100. The smallest absolute Gasteiger partial charge is 0.327 e. The van der Waals surface area contributed by atoms with Gasteiger partial charge >= 0.3 is 11.9 Å². The first-order valence-corrected chi connectivity index (χ1v) is 20.9. The van der Waals surface area contributed by atoms with Crippen molar-refractivity contribution in [1.82, 2.24) is 48.6 Å². The van der Waals surface area contributed by atoms with Crippen molar-refractivity contribution >= 4 is 57.3 Å². The van der Waals surface area contributed by atoms with Crippen molar-refractivity contribution in [1.29, 1.82) is 0 Å². The molecular weight excluding hydrogens is 769 g/mol. The van der Waals surface area contributed by atoms with Crippen LogP contribution >= 0.6 is 0 Å². The zero-order chi connectivity index (χ0) is 41.4. The number of esters is 2. The van der Waals surface area contributed by atoms with Crippen molar-refractivity contribution in [2.45, 2.75) is 103 Å². The topological polar surface area (TPSA) is 192 Å². The third-order valence-corrected chi connectivity index (χ3v) is 11.6. The molecule has 2 N–H and O–H groups in total. The molecule has 0 bridgehead atoms. The number of aromatic nitrogens is 10. The van der Waals surface area contributed by atoms with Gasteiger partial charge in [0, 0.05) is 81.2 Å². The molecule has 0 radical (unpaired) electrons. The number of hydrogen-bond donors (Lipinski definition) is 2. The summed E-state index contributed by atoms with van der Waals surface area (Å²) in [5.74, 6) is 1.10. The summed E-state index contributed by atoms with van der Waals surface area (Å²) in [7, 11) is 3.58. The predicted molar refractivity (Wildman–Crippen MR) is 223 cm³/mol. The molecule has 60 heavy (non-hydrogen) atoms. The number of fused-ring (bicyclic) bond motifs is 2. The van der Waals surface area contributed by atoms with Crippen LogP contribution in [0.1, 0.15) is 64.0 Å². The fourth-order valence-corrected chi connectivity index (χ4v) is 8.52. The van der Waals surface area contributed by atoms with Gasteiger partial charge in [-0.15, -0.1) is 0 Å². The second-order valence-corrected chi connectivity index (χ2v) is 15.8. The van der Waals surface area contributed by atoms with E-state index in [1.54, 1.807) is 56.8 Å². The molecule has 0 amide bonds. The number of rotatable bonds is 18. The highest BCUT2D eigenvalue weighted by molar-refractivity contribution is 5.79. The average Bonchev–Trinajstić information content (AvgIpc) is 4.06. The summed E-state index contributed by atoms with van der Waals surface area (Å²) in [6, 6.07) is 4.12. The molecule has 18 nitrogen and oxygen atoms in total. The highest BCUT2D eigenvalue weighted by Crippen LogP contribution is 2.31. The van der Waals surface area contributed by atoms with Crippen LogP contribution in [0, 0.1) is 11.8 Å². The van der Waals surface area contributed by atoms with E-state index in [-0.39, 0.29) is 31.8 Å². The summed E-state index contributed by atoms with van der Waals surface area (Å²) in [6.45, 7) is 3.89. The van der Waals surface area contributed by atoms with Gasteiger partial charge in [0.2, 0.25) is 11.9 Å². The van der Waals surface area contributed by atoms with Gasteiger partial charge in [-0.25, -0.2) is 9.97 Å². The molecular formula is C42H54N12O6. The molecule has 0 aliphatic heterocycles. The lowest BCUT2D eigenvalue weighted by Gasteiger charge is -2.29. The highest BCUT2D eigenvalue weighted by atomic mass is 16.5. The van der Waals surface area contributed by atoms with Gasteiger partial charge in [-0.2, -0.15) is 20.2 Å².